The number of amides is 1. The Kier molecular flexibility index (Phi) is 4.16. The fraction of sp³-hybridized carbons (Fsp3) is 0.538. The summed E-state index contributed by atoms with van der Waals surface area (Å²) in [6.45, 7) is 4.77. The topological polar surface area (TPSA) is 88.4 Å². The number of carbonyl (C=O) groups excluding carboxylic acids is 1. The summed E-state index contributed by atoms with van der Waals surface area (Å²) in [5.74, 6) is 0.395. The second kappa shape index (κ2) is 5.85. The molecule has 1 aromatic heterocycles. The van der Waals surface area contributed by atoms with E-state index in [2.05, 4.69) is 10.3 Å². The van der Waals surface area contributed by atoms with E-state index in [1.165, 1.54) is 0 Å². The molecule has 2 rings (SSSR count). The number of likely N-dealkylation sites (tertiary alicyclic amines) is 1. The molecule has 7 heteroatoms. The summed E-state index contributed by atoms with van der Waals surface area (Å²) >= 11 is 0. The first-order valence-corrected chi connectivity index (χ1v) is 6.67. The van der Waals surface area contributed by atoms with Gasteiger partial charge < -0.3 is 10.2 Å². The Balaban J connectivity index is 2.10. The minimum atomic E-state index is -0.422. The summed E-state index contributed by atoms with van der Waals surface area (Å²) in [5, 5.41) is 14.2. The maximum Gasteiger partial charge on any atom is 0.314 e. The van der Waals surface area contributed by atoms with Crippen molar-refractivity contribution in [3.05, 3.63) is 27.9 Å². The van der Waals surface area contributed by atoms with Gasteiger partial charge in [-0.25, -0.2) is 4.98 Å². The molecule has 1 saturated heterocycles. The molecule has 1 unspecified atom stereocenters. The van der Waals surface area contributed by atoms with Gasteiger partial charge in [-0.2, -0.15) is 0 Å². The van der Waals surface area contributed by atoms with E-state index in [0.29, 0.717) is 25.1 Å². The number of hydrogen-bond donors (Lipinski definition) is 1. The Labute approximate surface area is 117 Å². The average molecular weight is 278 g/mol. The Hall–Kier alpha value is -2.18. The van der Waals surface area contributed by atoms with Crippen molar-refractivity contribution in [1.82, 2.24) is 9.88 Å². The van der Waals surface area contributed by atoms with Gasteiger partial charge in [-0.15, -0.1) is 0 Å². The van der Waals surface area contributed by atoms with Gasteiger partial charge in [0.2, 0.25) is 11.7 Å². The largest absolute Gasteiger partial charge is 0.360 e. The molecule has 0 spiro atoms. The number of pyridine rings is 1. The van der Waals surface area contributed by atoms with Gasteiger partial charge in [0.25, 0.3) is 0 Å². The van der Waals surface area contributed by atoms with Crippen LogP contribution in [0.15, 0.2) is 12.3 Å². The standard InChI is InChI=1S/C13H18N4O3/c1-3-11(18)16-7-5-10(8-16)15-13-12(17(19)20)9(2)4-6-14-13/h4,6,10H,3,5,7-8H2,1-2H3,(H,14,15). The van der Waals surface area contributed by atoms with Crippen molar-refractivity contribution >= 4 is 17.4 Å². The first kappa shape index (κ1) is 14.2. The summed E-state index contributed by atoms with van der Waals surface area (Å²) in [5.41, 5.74) is 0.583. The molecule has 0 aliphatic carbocycles. The first-order valence-electron chi connectivity index (χ1n) is 6.67. The minimum Gasteiger partial charge on any atom is -0.360 e. The molecule has 1 amide bonds. The molecule has 20 heavy (non-hydrogen) atoms. The van der Waals surface area contributed by atoms with Gasteiger partial charge in [0.15, 0.2) is 0 Å². The van der Waals surface area contributed by atoms with Crippen molar-refractivity contribution in [1.29, 1.82) is 0 Å². The summed E-state index contributed by atoms with van der Waals surface area (Å²) in [6, 6.07) is 1.63. The predicted octanol–water partition coefficient (Wildman–Crippen LogP) is 1.72. The van der Waals surface area contributed by atoms with Gasteiger partial charge in [0.05, 0.1) is 4.92 Å². The molecule has 0 aromatic carbocycles. The Morgan fingerprint density at radius 2 is 2.40 bits per heavy atom. The van der Waals surface area contributed by atoms with Crippen LogP contribution in [0.3, 0.4) is 0 Å². The van der Waals surface area contributed by atoms with Crippen LogP contribution < -0.4 is 5.32 Å². The predicted molar refractivity (Wildman–Crippen MR) is 74.5 cm³/mol. The first-order chi connectivity index (χ1) is 9.52. The smallest absolute Gasteiger partial charge is 0.314 e. The Morgan fingerprint density at radius 1 is 1.65 bits per heavy atom. The third kappa shape index (κ3) is 2.87. The lowest BCUT2D eigenvalue weighted by atomic mass is 10.2. The van der Waals surface area contributed by atoms with Crippen LogP contribution in [0.2, 0.25) is 0 Å². The van der Waals surface area contributed by atoms with E-state index in [4.69, 9.17) is 0 Å². The van der Waals surface area contributed by atoms with E-state index in [0.717, 1.165) is 6.42 Å². The van der Waals surface area contributed by atoms with Crippen LogP contribution in [0.1, 0.15) is 25.3 Å². The second-order valence-corrected chi connectivity index (χ2v) is 4.91. The number of carbonyl (C=O) groups is 1. The van der Waals surface area contributed by atoms with Crippen LogP contribution >= 0.6 is 0 Å². The number of nitrogens with one attached hydrogen (secondary N) is 1. The lowest BCUT2D eigenvalue weighted by molar-refractivity contribution is -0.384. The number of aromatic nitrogens is 1. The van der Waals surface area contributed by atoms with E-state index < -0.39 is 4.92 Å². The molecule has 7 nitrogen and oxygen atoms in total. The van der Waals surface area contributed by atoms with Crippen molar-refractivity contribution in [2.45, 2.75) is 32.7 Å². The highest BCUT2D eigenvalue weighted by molar-refractivity contribution is 5.76. The van der Waals surface area contributed by atoms with Crippen LogP contribution in [0.5, 0.6) is 0 Å². The number of rotatable bonds is 4. The molecule has 0 radical (unpaired) electrons. The highest BCUT2D eigenvalue weighted by Crippen LogP contribution is 2.27. The fourth-order valence-corrected chi connectivity index (χ4v) is 2.41. The Morgan fingerprint density at radius 3 is 3.05 bits per heavy atom. The van der Waals surface area contributed by atoms with Crippen LogP contribution in [-0.4, -0.2) is 39.8 Å². The zero-order valence-corrected chi connectivity index (χ0v) is 11.6. The average Bonchev–Trinajstić information content (AvgIpc) is 2.86. The van der Waals surface area contributed by atoms with Crippen LogP contribution in [0, 0.1) is 17.0 Å². The number of anilines is 1. The molecular weight excluding hydrogens is 260 g/mol. The van der Waals surface area contributed by atoms with Gasteiger partial charge in [0.1, 0.15) is 0 Å². The molecule has 0 bridgehead atoms. The molecule has 1 atom stereocenters. The molecular formula is C13H18N4O3. The van der Waals surface area contributed by atoms with Gasteiger partial charge in [-0.1, -0.05) is 6.92 Å². The summed E-state index contributed by atoms with van der Waals surface area (Å²) in [4.78, 5) is 28.1. The van der Waals surface area contributed by atoms with Crippen LogP contribution in [-0.2, 0) is 4.79 Å². The van der Waals surface area contributed by atoms with Gasteiger partial charge in [0, 0.05) is 37.3 Å². The zero-order valence-electron chi connectivity index (χ0n) is 11.6. The molecule has 0 saturated carbocycles. The maximum atomic E-state index is 11.6. The molecule has 1 fully saturated rings. The summed E-state index contributed by atoms with van der Waals surface area (Å²) in [7, 11) is 0. The van der Waals surface area contributed by atoms with Crippen LogP contribution in [0.25, 0.3) is 0 Å². The molecule has 1 aliphatic rings. The third-order valence-corrected chi connectivity index (χ3v) is 3.49. The second-order valence-electron chi connectivity index (χ2n) is 4.91. The fourth-order valence-electron chi connectivity index (χ4n) is 2.41. The number of aryl methyl sites for hydroxylation is 1. The normalized spacial score (nSPS) is 18.1. The van der Waals surface area contributed by atoms with E-state index in [9.17, 15) is 14.9 Å². The number of nitrogens with zero attached hydrogens (tertiary/aromatic N) is 3. The molecule has 2 heterocycles. The number of nitro groups is 1. The molecule has 1 N–H and O–H groups in total. The highest BCUT2D eigenvalue weighted by atomic mass is 16.6. The van der Waals surface area contributed by atoms with Crippen molar-refractivity contribution < 1.29 is 9.72 Å². The van der Waals surface area contributed by atoms with Crippen LogP contribution in [0.4, 0.5) is 11.5 Å². The summed E-state index contributed by atoms with van der Waals surface area (Å²) < 4.78 is 0. The van der Waals surface area contributed by atoms with Gasteiger partial charge in [-0.3, -0.25) is 14.9 Å². The van der Waals surface area contributed by atoms with E-state index in [1.807, 2.05) is 6.92 Å². The van der Waals surface area contributed by atoms with E-state index >= 15 is 0 Å². The zero-order chi connectivity index (χ0) is 14.7. The van der Waals surface area contributed by atoms with E-state index in [-0.39, 0.29) is 23.5 Å². The van der Waals surface area contributed by atoms with Gasteiger partial charge >= 0.3 is 5.69 Å². The van der Waals surface area contributed by atoms with Crippen molar-refractivity contribution in [2.75, 3.05) is 18.4 Å². The SMILES string of the molecule is CCC(=O)N1CCC(Nc2nccc(C)c2[N+](=O)[O-])C1. The lowest BCUT2D eigenvalue weighted by Gasteiger charge is -2.16. The third-order valence-electron chi connectivity index (χ3n) is 3.49. The Bertz CT molecular complexity index is 532. The molecule has 1 aliphatic heterocycles. The van der Waals surface area contributed by atoms with Crippen molar-refractivity contribution in [3.63, 3.8) is 0 Å². The summed E-state index contributed by atoms with van der Waals surface area (Å²) in [6.07, 6.45) is 2.81. The van der Waals surface area contributed by atoms with E-state index in [1.54, 1.807) is 24.1 Å². The van der Waals surface area contributed by atoms with Crippen molar-refractivity contribution in [3.8, 4) is 0 Å². The molecule has 108 valence electrons. The number of hydrogen-bond acceptors (Lipinski definition) is 5. The van der Waals surface area contributed by atoms with Crippen molar-refractivity contribution in [2.24, 2.45) is 0 Å². The highest BCUT2D eigenvalue weighted by Gasteiger charge is 2.28. The maximum absolute atomic E-state index is 11.6. The monoisotopic (exact) mass is 278 g/mol. The lowest BCUT2D eigenvalue weighted by Crippen LogP contribution is -2.31. The van der Waals surface area contributed by atoms with Gasteiger partial charge in [-0.05, 0) is 19.4 Å². The quantitative estimate of drug-likeness (QED) is 0.669. The molecule has 1 aromatic rings. The minimum absolute atomic E-state index is 0.00719.